The van der Waals surface area contributed by atoms with Gasteiger partial charge in [0, 0.05) is 12.3 Å². The normalized spacial score (nSPS) is 19.5. The van der Waals surface area contributed by atoms with Gasteiger partial charge in [-0.05, 0) is 50.8 Å². The molecule has 0 radical (unpaired) electrons. The molecule has 1 aromatic carbocycles. The summed E-state index contributed by atoms with van der Waals surface area (Å²) in [6.07, 6.45) is 5.61. The van der Waals surface area contributed by atoms with Gasteiger partial charge in [-0.2, -0.15) is 0 Å². The van der Waals surface area contributed by atoms with E-state index in [0.29, 0.717) is 6.42 Å². The van der Waals surface area contributed by atoms with Gasteiger partial charge >= 0.3 is 0 Å². The molecule has 0 spiro atoms. The summed E-state index contributed by atoms with van der Waals surface area (Å²) in [6, 6.07) is 8.27. The van der Waals surface area contributed by atoms with Crippen molar-refractivity contribution in [2.75, 3.05) is 0 Å². The first-order valence-electron chi connectivity index (χ1n) is 7.90. The predicted molar refractivity (Wildman–Crippen MR) is 88.8 cm³/mol. The Bertz CT molecular complexity index is 689. The number of sulfone groups is 1. The van der Waals surface area contributed by atoms with E-state index in [-0.39, 0.29) is 41.6 Å². The molecule has 0 heterocycles. The van der Waals surface area contributed by atoms with Crippen molar-refractivity contribution in [3.63, 3.8) is 0 Å². The lowest BCUT2D eigenvalue weighted by Crippen LogP contribution is -2.28. The van der Waals surface area contributed by atoms with E-state index in [2.05, 4.69) is 0 Å². The lowest BCUT2D eigenvalue weighted by Gasteiger charge is -2.23. The van der Waals surface area contributed by atoms with Crippen LogP contribution in [0.1, 0.15) is 39.0 Å². The summed E-state index contributed by atoms with van der Waals surface area (Å²) < 4.78 is 25.8. The smallest absolute Gasteiger partial charge is 0.181 e. The molecule has 1 aliphatic rings. The van der Waals surface area contributed by atoms with E-state index >= 15 is 0 Å². The van der Waals surface area contributed by atoms with Crippen LogP contribution in [0.15, 0.2) is 47.4 Å². The van der Waals surface area contributed by atoms with Crippen LogP contribution >= 0.6 is 0 Å². The predicted octanol–water partition coefficient (Wildman–Crippen LogP) is 3.12. The molecule has 2 rings (SSSR count). The summed E-state index contributed by atoms with van der Waals surface area (Å²) in [4.78, 5) is 23.5. The van der Waals surface area contributed by atoms with Gasteiger partial charge in [0.1, 0.15) is 5.78 Å². The summed E-state index contributed by atoms with van der Waals surface area (Å²) in [5.41, 5.74) is 0. The van der Waals surface area contributed by atoms with E-state index in [4.69, 9.17) is 0 Å². The molecule has 23 heavy (non-hydrogen) atoms. The highest BCUT2D eigenvalue weighted by Crippen LogP contribution is 2.29. The average Bonchev–Trinajstić information content (AvgIpc) is 2.53. The molecule has 1 aromatic rings. The van der Waals surface area contributed by atoms with Crippen molar-refractivity contribution in [3.05, 3.63) is 42.5 Å². The zero-order valence-electron chi connectivity index (χ0n) is 13.3. The summed E-state index contributed by atoms with van der Waals surface area (Å²) >= 11 is 0. The molecule has 0 fully saturated rings. The van der Waals surface area contributed by atoms with Crippen molar-refractivity contribution in [1.82, 2.24) is 0 Å². The maximum Gasteiger partial charge on any atom is 0.181 e. The molecule has 0 aliphatic heterocycles. The van der Waals surface area contributed by atoms with Crippen molar-refractivity contribution in [1.29, 1.82) is 0 Å². The van der Waals surface area contributed by atoms with Crippen molar-refractivity contribution in [3.8, 4) is 0 Å². The topological polar surface area (TPSA) is 68.3 Å². The Kier molecular flexibility index (Phi) is 5.88. The summed E-state index contributed by atoms with van der Waals surface area (Å²) in [7, 11) is -3.55. The van der Waals surface area contributed by atoms with Gasteiger partial charge < -0.3 is 4.79 Å². The third kappa shape index (κ3) is 4.61. The van der Waals surface area contributed by atoms with Crippen LogP contribution < -0.4 is 0 Å². The second-order valence-electron chi connectivity index (χ2n) is 6.04. The van der Waals surface area contributed by atoms with E-state index in [1.54, 1.807) is 36.4 Å². The fourth-order valence-electron chi connectivity index (χ4n) is 2.89. The zero-order chi connectivity index (χ0) is 16.9. The minimum atomic E-state index is -3.55. The van der Waals surface area contributed by atoms with Gasteiger partial charge in [0.05, 0.1) is 10.1 Å². The molecule has 2 unspecified atom stereocenters. The SMILES string of the molecule is CC(=O)CCC(CC1CCC=CC1=O)S(=O)(=O)c1ccccc1. The summed E-state index contributed by atoms with van der Waals surface area (Å²) in [5.74, 6) is -0.309. The number of benzene rings is 1. The number of hydrogen-bond acceptors (Lipinski definition) is 4. The minimum Gasteiger partial charge on any atom is -0.300 e. The first-order chi connectivity index (χ1) is 10.9. The van der Waals surface area contributed by atoms with E-state index < -0.39 is 15.1 Å². The first-order valence-corrected chi connectivity index (χ1v) is 9.44. The molecule has 0 saturated carbocycles. The highest BCUT2D eigenvalue weighted by molar-refractivity contribution is 7.92. The van der Waals surface area contributed by atoms with Gasteiger partial charge in [-0.25, -0.2) is 8.42 Å². The number of ketones is 2. The molecule has 2 atom stereocenters. The Balaban J connectivity index is 2.24. The third-order valence-corrected chi connectivity index (χ3v) is 6.48. The van der Waals surface area contributed by atoms with Gasteiger partial charge in [0.25, 0.3) is 0 Å². The highest BCUT2D eigenvalue weighted by atomic mass is 32.2. The lowest BCUT2D eigenvalue weighted by atomic mass is 9.88. The molecule has 0 saturated heterocycles. The van der Waals surface area contributed by atoms with Crippen LogP contribution in [0, 0.1) is 5.92 Å². The fourth-order valence-corrected chi connectivity index (χ4v) is 4.73. The van der Waals surface area contributed by atoms with E-state index in [1.165, 1.54) is 6.92 Å². The van der Waals surface area contributed by atoms with Crippen molar-refractivity contribution in [2.45, 2.75) is 49.2 Å². The minimum absolute atomic E-state index is 0.00710. The van der Waals surface area contributed by atoms with Crippen molar-refractivity contribution in [2.24, 2.45) is 5.92 Å². The second kappa shape index (κ2) is 7.68. The Labute approximate surface area is 137 Å². The fraction of sp³-hybridized carbons (Fsp3) is 0.444. The largest absolute Gasteiger partial charge is 0.300 e. The molecular weight excluding hydrogens is 312 g/mol. The van der Waals surface area contributed by atoms with Gasteiger partial charge in [0.2, 0.25) is 0 Å². The van der Waals surface area contributed by atoms with Crippen LogP contribution in [0.3, 0.4) is 0 Å². The maximum atomic E-state index is 12.9. The molecule has 1 aliphatic carbocycles. The molecule has 0 bridgehead atoms. The van der Waals surface area contributed by atoms with Gasteiger partial charge in [-0.3, -0.25) is 4.79 Å². The van der Waals surface area contributed by atoms with Crippen molar-refractivity contribution >= 4 is 21.4 Å². The number of carbonyl (C=O) groups excluding carboxylic acids is 2. The first kappa shape index (κ1) is 17.6. The molecule has 5 heteroatoms. The summed E-state index contributed by atoms with van der Waals surface area (Å²) in [6.45, 7) is 1.46. The van der Waals surface area contributed by atoms with Crippen LogP contribution in [0.5, 0.6) is 0 Å². The monoisotopic (exact) mass is 334 g/mol. The van der Waals surface area contributed by atoms with Gasteiger partial charge in [-0.1, -0.05) is 24.3 Å². The Hall–Kier alpha value is -1.75. The highest BCUT2D eigenvalue weighted by Gasteiger charge is 2.32. The van der Waals surface area contributed by atoms with Crippen LogP contribution in [-0.2, 0) is 19.4 Å². The number of hydrogen-bond donors (Lipinski definition) is 0. The molecule has 0 N–H and O–H groups in total. The van der Waals surface area contributed by atoms with Crippen LogP contribution in [0.2, 0.25) is 0 Å². The van der Waals surface area contributed by atoms with E-state index in [1.807, 2.05) is 6.08 Å². The molecule has 0 amide bonds. The van der Waals surface area contributed by atoms with Crippen LogP contribution in [-0.4, -0.2) is 25.2 Å². The molecule has 4 nitrogen and oxygen atoms in total. The molecular formula is C18H22O4S. The van der Waals surface area contributed by atoms with Gasteiger partial charge in [-0.15, -0.1) is 0 Å². The maximum absolute atomic E-state index is 12.9. The average molecular weight is 334 g/mol. The van der Waals surface area contributed by atoms with E-state index in [9.17, 15) is 18.0 Å². The lowest BCUT2D eigenvalue weighted by molar-refractivity contribution is -0.119. The number of allylic oxidation sites excluding steroid dienone is 2. The number of rotatable bonds is 7. The Morgan fingerprint density at radius 1 is 1.26 bits per heavy atom. The van der Waals surface area contributed by atoms with Crippen LogP contribution in [0.4, 0.5) is 0 Å². The third-order valence-electron chi connectivity index (χ3n) is 4.24. The Morgan fingerprint density at radius 3 is 2.57 bits per heavy atom. The standard InChI is InChI=1S/C18H22O4S/c1-14(19)11-12-17(13-15-7-5-6-10-18(15)20)23(21,22)16-8-3-2-4-9-16/h2-4,6,8-10,15,17H,5,7,11-13H2,1H3. The van der Waals surface area contributed by atoms with E-state index in [0.717, 1.165) is 6.42 Å². The zero-order valence-corrected chi connectivity index (χ0v) is 14.1. The molecule has 124 valence electrons. The number of Topliss-reactive ketones (excluding diaryl/α,β-unsaturated/α-hetero) is 1. The number of carbonyl (C=O) groups is 2. The second-order valence-corrected chi connectivity index (χ2v) is 8.26. The van der Waals surface area contributed by atoms with Gasteiger partial charge in [0.15, 0.2) is 15.6 Å². The Morgan fingerprint density at radius 2 is 1.96 bits per heavy atom. The van der Waals surface area contributed by atoms with Crippen LogP contribution in [0.25, 0.3) is 0 Å². The van der Waals surface area contributed by atoms with Crippen molar-refractivity contribution < 1.29 is 18.0 Å². The quantitative estimate of drug-likeness (QED) is 0.768. The summed E-state index contributed by atoms with van der Waals surface area (Å²) in [5, 5.41) is -0.700. The molecule has 0 aromatic heterocycles.